The van der Waals surface area contributed by atoms with Crippen molar-refractivity contribution in [3.63, 3.8) is 0 Å². The number of amides is 2. The summed E-state index contributed by atoms with van der Waals surface area (Å²) in [6, 6.07) is 4.10. The number of nitrogens with one attached hydrogen (secondary N) is 2. The first kappa shape index (κ1) is 24.1. The standard InChI is InChI=1S/C17H20ClN5O7S2/c1-3-30-8-7-23-10-11-5-4-6-12(15(11)32(23,27)28)31(25,26)22-17(24)21-16-19-13(18)9-14(20-16)29-2/h4-6,9H,3,7-8,10H2,1-2H3,(H2,19,20,21,22,24). The summed E-state index contributed by atoms with van der Waals surface area (Å²) < 4.78 is 64.6. The number of hydrogen-bond acceptors (Lipinski definition) is 9. The molecule has 2 amide bonds. The highest BCUT2D eigenvalue weighted by Gasteiger charge is 2.40. The zero-order chi connectivity index (χ0) is 23.5. The molecule has 0 radical (unpaired) electrons. The molecule has 0 aliphatic carbocycles. The first-order valence-electron chi connectivity index (χ1n) is 9.20. The summed E-state index contributed by atoms with van der Waals surface area (Å²) in [4.78, 5) is 18.9. The van der Waals surface area contributed by atoms with Crippen LogP contribution in [0.5, 0.6) is 5.88 Å². The maximum atomic E-state index is 13.0. The van der Waals surface area contributed by atoms with Crippen molar-refractivity contribution in [1.82, 2.24) is 19.0 Å². The van der Waals surface area contributed by atoms with Crippen molar-refractivity contribution in [3.8, 4) is 5.88 Å². The predicted octanol–water partition coefficient (Wildman–Crippen LogP) is 1.19. The molecular formula is C17H20ClN5O7S2. The summed E-state index contributed by atoms with van der Waals surface area (Å²) in [5, 5.41) is 2.08. The SMILES string of the molecule is CCOCCN1Cc2cccc(S(=O)(=O)NC(=O)Nc3nc(Cl)cc(OC)n3)c2S1(=O)=O. The molecule has 32 heavy (non-hydrogen) atoms. The van der Waals surface area contributed by atoms with Gasteiger partial charge in [0.15, 0.2) is 0 Å². The third-order valence-corrected chi connectivity index (χ3v) is 8.00. The van der Waals surface area contributed by atoms with E-state index < -0.39 is 31.0 Å². The van der Waals surface area contributed by atoms with E-state index in [0.29, 0.717) is 12.2 Å². The van der Waals surface area contributed by atoms with E-state index in [4.69, 9.17) is 21.1 Å². The van der Waals surface area contributed by atoms with Crippen molar-refractivity contribution < 1.29 is 31.1 Å². The second kappa shape index (κ2) is 9.54. The number of anilines is 1. The van der Waals surface area contributed by atoms with Gasteiger partial charge in [-0.1, -0.05) is 23.7 Å². The zero-order valence-corrected chi connectivity index (χ0v) is 19.4. The molecule has 174 valence electrons. The first-order chi connectivity index (χ1) is 15.1. The Labute approximate surface area is 190 Å². The number of carbonyl (C=O) groups excluding carboxylic acids is 1. The van der Waals surface area contributed by atoms with Crippen molar-refractivity contribution in [2.75, 3.05) is 32.2 Å². The number of halogens is 1. The van der Waals surface area contributed by atoms with Gasteiger partial charge in [0.2, 0.25) is 21.9 Å². The van der Waals surface area contributed by atoms with Gasteiger partial charge in [-0.25, -0.2) is 31.3 Å². The fourth-order valence-electron chi connectivity index (χ4n) is 2.97. The second-order valence-corrected chi connectivity index (χ2v) is 10.3. The van der Waals surface area contributed by atoms with Crippen LogP contribution in [0.3, 0.4) is 0 Å². The monoisotopic (exact) mass is 505 g/mol. The van der Waals surface area contributed by atoms with E-state index in [0.717, 1.165) is 10.4 Å². The van der Waals surface area contributed by atoms with E-state index in [-0.39, 0.29) is 41.6 Å². The van der Waals surface area contributed by atoms with E-state index in [1.54, 1.807) is 11.6 Å². The molecule has 12 nitrogen and oxygen atoms in total. The van der Waals surface area contributed by atoms with E-state index >= 15 is 0 Å². The normalized spacial score (nSPS) is 15.2. The van der Waals surface area contributed by atoms with Crippen LogP contribution in [0.25, 0.3) is 0 Å². The number of hydrogen-bond donors (Lipinski definition) is 2. The summed E-state index contributed by atoms with van der Waals surface area (Å²) in [5.74, 6) is -0.266. The number of sulfonamides is 2. The highest BCUT2D eigenvalue weighted by atomic mass is 35.5. The molecule has 0 unspecified atom stereocenters. The van der Waals surface area contributed by atoms with Crippen LogP contribution in [0.4, 0.5) is 10.7 Å². The summed E-state index contributed by atoms with van der Waals surface area (Å²) in [6.07, 6.45) is 0. The molecule has 0 bridgehead atoms. The molecule has 0 saturated carbocycles. The van der Waals surface area contributed by atoms with Crippen molar-refractivity contribution in [1.29, 1.82) is 0 Å². The quantitative estimate of drug-likeness (QED) is 0.397. The third kappa shape index (κ3) is 5.10. The number of aromatic nitrogens is 2. The largest absolute Gasteiger partial charge is 0.481 e. The van der Waals surface area contributed by atoms with Crippen LogP contribution in [0.1, 0.15) is 12.5 Å². The molecule has 1 aromatic carbocycles. The van der Waals surface area contributed by atoms with Gasteiger partial charge in [-0.15, -0.1) is 0 Å². The average Bonchev–Trinajstić information content (AvgIpc) is 2.97. The number of fused-ring (bicyclic) bond motifs is 1. The van der Waals surface area contributed by atoms with Gasteiger partial charge < -0.3 is 9.47 Å². The Kier molecular flexibility index (Phi) is 7.19. The lowest BCUT2D eigenvalue weighted by Crippen LogP contribution is -2.36. The molecule has 15 heteroatoms. The third-order valence-electron chi connectivity index (χ3n) is 4.32. The molecule has 2 N–H and O–H groups in total. The number of urea groups is 1. The summed E-state index contributed by atoms with van der Waals surface area (Å²) >= 11 is 5.79. The van der Waals surface area contributed by atoms with Gasteiger partial charge in [0.1, 0.15) is 14.9 Å². The maximum absolute atomic E-state index is 13.0. The van der Waals surface area contributed by atoms with Crippen LogP contribution in [-0.4, -0.2) is 64.0 Å². The van der Waals surface area contributed by atoms with Crippen LogP contribution < -0.4 is 14.8 Å². The van der Waals surface area contributed by atoms with Crippen molar-refractivity contribution in [2.45, 2.75) is 23.3 Å². The molecule has 0 fully saturated rings. The second-order valence-electron chi connectivity index (χ2n) is 6.40. The smallest absolute Gasteiger partial charge is 0.335 e. The van der Waals surface area contributed by atoms with Crippen molar-refractivity contribution >= 4 is 43.6 Å². The van der Waals surface area contributed by atoms with E-state index in [1.807, 2.05) is 0 Å². The Morgan fingerprint density at radius 1 is 1.31 bits per heavy atom. The van der Waals surface area contributed by atoms with Crippen LogP contribution >= 0.6 is 11.6 Å². The molecule has 0 saturated heterocycles. The topological polar surface area (TPSA) is 157 Å². The van der Waals surface area contributed by atoms with Gasteiger partial charge >= 0.3 is 6.03 Å². The number of rotatable bonds is 8. The Bertz CT molecular complexity index is 1240. The molecule has 1 aliphatic rings. The minimum absolute atomic E-state index is 0.00353. The van der Waals surface area contributed by atoms with Crippen molar-refractivity contribution in [3.05, 3.63) is 35.0 Å². The fourth-order valence-corrected chi connectivity index (χ4v) is 6.49. The van der Waals surface area contributed by atoms with Gasteiger partial charge in [-0.3, -0.25) is 5.32 Å². The zero-order valence-electron chi connectivity index (χ0n) is 17.0. The Morgan fingerprint density at radius 3 is 2.75 bits per heavy atom. The maximum Gasteiger partial charge on any atom is 0.335 e. The molecule has 1 aromatic heterocycles. The van der Waals surface area contributed by atoms with Crippen molar-refractivity contribution in [2.24, 2.45) is 0 Å². The highest BCUT2D eigenvalue weighted by Crippen LogP contribution is 2.35. The lowest BCUT2D eigenvalue weighted by atomic mass is 10.2. The molecule has 0 atom stereocenters. The molecule has 2 aromatic rings. The minimum Gasteiger partial charge on any atom is -0.481 e. The lowest BCUT2D eigenvalue weighted by Gasteiger charge is -2.15. The van der Waals surface area contributed by atoms with Gasteiger partial charge in [-0.05, 0) is 18.6 Å². The van der Waals surface area contributed by atoms with E-state index in [1.165, 1.54) is 25.3 Å². The molecule has 2 heterocycles. The molecular weight excluding hydrogens is 486 g/mol. The first-order valence-corrected chi connectivity index (χ1v) is 12.5. The van der Waals surface area contributed by atoms with Gasteiger partial charge in [-0.2, -0.15) is 9.29 Å². The molecule has 3 rings (SSSR count). The molecule has 0 spiro atoms. The van der Waals surface area contributed by atoms with Crippen LogP contribution in [0.2, 0.25) is 5.15 Å². The van der Waals surface area contributed by atoms with Crippen LogP contribution in [0, 0.1) is 0 Å². The van der Waals surface area contributed by atoms with Crippen LogP contribution in [0.15, 0.2) is 34.1 Å². The fraction of sp³-hybridized carbons (Fsp3) is 0.353. The number of benzene rings is 1. The van der Waals surface area contributed by atoms with Gasteiger partial charge in [0.05, 0.1) is 13.7 Å². The summed E-state index contributed by atoms with van der Waals surface area (Å²) in [5.41, 5.74) is 0.299. The Balaban J connectivity index is 1.84. The number of methoxy groups -OCH3 is 1. The summed E-state index contributed by atoms with van der Waals surface area (Å²) in [7, 11) is -7.35. The van der Waals surface area contributed by atoms with E-state index in [2.05, 4.69) is 15.3 Å². The minimum atomic E-state index is -4.57. The number of nitrogens with zero attached hydrogens (tertiary/aromatic N) is 3. The van der Waals surface area contributed by atoms with Crippen LogP contribution in [-0.2, 0) is 31.3 Å². The highest BCUT2D eigenvalue weighted by molar-refractivity contribution is 7.93. The lowest BCUT2D eigenvalue weighted by molar-refractivity contribution is 0.134. The van der Waals surface area contributed by atoms with Gasteiger partial charge in [0.25, 0.3) is 10.0 Å². The number of ether oxygens (including phenoxy) is 2. The summed E-state index contributed by atoms with van der Waals surface area (Å²) in [6.45, 7) is 2.42. The van der Waals surface area contributed by atoms with E-state index in [9.17, 15) is 21.6 Å². The predicted molar refractivity (Wildman–Crippen MR) is 113 cm³/mol. The number of carbonyl (C=O) groups is 1. The molecule has 1 aliphatic heterocycles. The Hall–Kier alpha value is -2.52. The Morgan fingerprint density at radius 2 is 2.06 bits per heavy atom. The van der Waals surface area contributed by atoms with Gasteiger partial charge in [0, 0.05) is 25.8 Å². The average molecular weight is 506 g/mol.